The topological polar surface area (TPSA) is 62.2 Å². The summed E-state index contributed by atoms with van der Waals surface area (Å²) in [6, 6.07) is 1.60. The van der Waals surface area contributed by atoms with E-state index in [1.165, 1.54) is 6.20 Å². The highest BCUT2D eigenvalue weighted by molar-refractivity contribution is 6.33. The largest absolute Gasteiger partial charge is 0.396 e. The number of carbonyl (C=O) groups excluding carboxylic acids is 1. The molecule has 0 radical (unpaired) electrons. The summed E-state index contributed by atoms with van der Waals surface area (Å²) in [4.78, 5) is 16.0. The summed E-state index contributed by atoms with van der Waals surface area (Å²) in [6.45, 7) is 2.08. The van der Waals surface area contributed by atoms with Gasteiger partial charge in [0, 0.05) is 23.9 Å². The highest BCUT2D eigenvalue weighted by Gasteiger charge is 2.39. The number of aliphatic hydroxyl groups excluding tert-OH is 1. The van der Waals surface area contributed by atoms with Crippen LogP contribution in [0.25, 0.3) is 0 Å². The lowest BCUT2D eigenvalue weighted by molar-refractivity contribution is 0.0830. The van der Waals surface area contributed by atoms with Gasteiger partial charge in [-0.05, 0) is 18.9 Å². The Morgan fingerprint density at radius 1 is 1.72 bits per heavy atom. The molecule has 1 amide bonds. The van der Waals surface area contributed by atoms with Gasteiger partial charge in [-0.25, -0.2) is 0 Å². The van der Waals surface area contributed by atoms with E-state index in [0.29, 0.717) is 10.6 Å². The summed E-state index contributed by atoms with van der Waals surface area (Å²) in [6.07, 6.45) is 5.84. The molecule has 1 fully saturated rings. The van der Waals surface area contributed by atoms with Gasteiger partial charge in [0.25, 0.3) is 5.91 Å². The molecular formula is C13H17ClN2O2. The number of nitrogens with one attached hydrogen (secondary N) is 1. The summed E-state index contributed by atoms with van der Waals surface area (Å²) in [5.41, 5.74) is 0.202. The quantitative estimate of drug-likeness (QED) is 0.882. The molecule has 0 aromatic carbocycles. The first-order valence-electron chi connectivity index (χ1n) is 6.08. The van der Waals surface area contributed by atoms with E-state index in [1.54, 1.807) is 12.3 Å². The molecule has 4 nitrogen and oxygen atoms in total. The molecule has 1 aromatic rings. The molecule has 2 unspecified atom stereocenters. The Morgan fingerprint density at radius 3 is 3.17 bits per heavy atom. The molecule has 1 saturated carbocycles. The number of amides is 1. The molecule has 98 valence electrons. The van der Waals surface area contributed by atoms with Crippen molar-refractivity contribution in [2.24, 2.45) is 5.41 Å². The van der Waals surface area contributed by atoms with E-state index >= 15 is 0 Å². The highest BCUT2D eigenvalue weighted by atomic mass is 35.5. The molecule has 18 heavy (non-hydrogen) atoms. The van der Waals surface area contributed by atoms with Crippen molar-refractivity contribution in [2.75, 3.05) is 6.61 Å². The molecule has 0 aliphatic heterocycles. The molecular weight excluding hydrogens is 252 g/mol. The first-order chi connectivity index (χ1) is 8.57. The third kappa shape index (κ3) is 2.49. The fourth-order valence-corrected chi connectivity index (χ4v) is 2.67. The van der Waals surface area contributed by atoms with Gasteiger partial charge in [-0.3, -0.25) is 9.78 Å². The summed E-state index contributed by atoms with van der Waals surface area (Å²) < 4.78 is 0. The van der Waals surface area contributed by atoms with Crippen LogP contribution in [-0.4, -0.2) is 28.6 Å². The number of rotatable bonds is 3. The lowest BCUT2D eigenvalue weighted by atomic mass is 9.85. The Morgan fingerprint density at radius 2 is 2.50 bits per heavy atom. The Hall–Kier alpha value is -1.13. The average Bonchev–Trinajstić information content (AvgIpc) is 2.72. The molecule has 0 bridgehead atoms. The second-order valence-electron chi connectivity index (χ2n) is 5.09. The van der Waals surface area contributed by atoms with Crippen molar-refractivity contribution in [1.82, 2.24) is 10.3 Å². The van der Waals surface area contributed by atoms with E-state index in [2.05, 4.69) is 10.3 Å². The van der Waals surface area contributed by atoms with E-state index in [9.17, 15) is 9.90 Å². The van der Waals surface area contributed by atoms with Crippen molar-refractivity contribution in [3.63, 3.8) is 0 Å². The Balaban J connectivity index is 2.11. The first-order valence-corrected chi connectivity index (χ1v) is 6.46. The number of carbonyl (C=O) groups is 1. The number of halogens is 1. The standard InChI is InChI=1S/C13H17ClN2O2/c1-13(8-17)5-2-3-11(13)16-12(18)9-4-6-15-7-10(9)14/h4,6-7,11,17H,2-3,5,8H2,1H3,(H,16,18). The van der Waals surface area contributed by atoms with Gasteiger partial charge in [0.2, 0.25) is 0 Å². The molecule has 1 aromatic heterocycles. The van der Waals surface area contributed by atoms with Crippen LogP contribution in [0.2, 0.25) is 5.02 Å². The van der Waals surface area contributed by atoms with Crippen LogP contribution in [-0.2, 0) is 0 Å². The fraction of sp³-hybridized carbons (Fsp3) is 0.538. The Kier molecular flexibility index (Phi) is 3.88. The minimum Gasteiger partial charge on any atom is -0.396 e. The predicted octanol–water partition coefficient (Wildman–Crippen LogP) is 2.02. The molecule has 0 spiro atoms. The van der Waals surface area contributed by atoms with Crippen molar-refractivity contribution in [1.29, 1.82) is 0 Å². The van der Waals surface area contributed by atoms with Gasteiger partial charge in [0.05, 0.1) is 17.2 Å². The zero-order valence-electron chi connectivity index (χ0n) is 10.3. The van der Waals surface area contributed by atoms with E-state index < -0.39 is 0 Å². The molecule has 2 N–H and O–H groups in total. The van der Waals surface area contributed by atoms with E-state index in [0.717, 1.165) is 19.3 Å². The van der Waals surface area contributed by atoms with Crippen LogP contribution in [0.5, 0.6) is 0 Å². The first kappa shape index (κ1) is 13.3. The normalized spacial score (nSPS) is 27.2. The van der Waals surface area contributed by atoms with Gasteiger partial charge >= 0.3 is 0 Å². The SMILES string of the molecule is CC1(CO)CCCC1NC(=O)c1ccncc1Cl. The minimum atomic E-state index is -0.227. The Bertz CT molecular complexity index is 452. The number of aliphatic hydroxyl groups is 1. The van der Waals surface area contributed by atoms with Crippen LogP contribution in [0.1, 0.15) is 36.5 Å². The van der Waals surface area contributed by atoms with Gasteiger partial charge in [-0.15, -0.1) is 0 Å². The summed E-state index contributed by atoms with van der Waals surface area (Å²) in [5, 5.41) is 12.8. The molecule has 2 atom stereocenters. The number of aromatic nitrogens is 1. The van der Waals surface area contributed by atoms with Crippen molar-refractivity contribution < 1.29 is 9.90 Å². The minimum absolute atomic E-state index is 0.000711. The van der Waals surface area contributed by atoms with Gasteiger partial charge in [-0.1, -0.05) is 24.9 Å². The predicted molar refractivity (Wildman–Crippen MR) is 69.5 cm³/mol. The van der Waals surface area contributed by atoms with Crippen LogP contribution in [0.4, 0.5) is 0 Å². The van der Waals surface area contributed by atoms with Crippen molar-refractivity contribution in [2.45, 2.75) is 32.2 Å². The van der Waals surface area contributed by atoms with Crippen molar-refractivity contribution in [3.05, 3.63) is 29.0 Å². The molecule has 1 heterocycles. The summed E-state index contributed by atoms with van der Waals surface area (Å²) in [5.74, 6) is -0.200. The second-order valence-corrected chi connectivity index (χ2v) is 5.49. The second kappa shape index (κ2) is 5.24. The van der Waals surface area contributed by atoms with Crippen LogP contribution in [0.15, 0.2) is 18.5 Å². The van der Waals surface area contributed by atoms with E-state index in [-0.39, 0.29) is 24.0 Å². The number of pyridine rings is 1. The average molecular weight is 269 g/mol. The van der Waals surface area contributed by atoms with Crippen LogP contribution >= 0.6 is 11.6 Å². The maximum absolute atomic E-state index is 12.1. The maximum atomic E-state index is 12.1. The molecule has 2 rings (SSSR count). The molecule has 0 saturated heterocycles. The Labute approximate surface area is 111 Å². The zero-order valence-corrected chi connectivity index (χ0v) is 11.1. The summed E-state index contributed by atoms with van der Waals surface area (Å²) >= 11 is 5.94. The smallest absolute Gasteiger partial charge is 0.253 e. The summed E-state index contributed by atoms with van der Waals surface area (Å²) in [7, 11) is 0. The number of hydrogen-bond donors (Lipinski definition) is 2. The lowest BCUT2D eigenvalue weighted by Crippen LogP contribution is -2.44. The fourth-order valence-electron chi connectivity index (χ4n) is 2.46. The molecule has 1 aliphatic rings. The van der Waals surface area contributed by atoms with Crippen LogP contribution in [0.3, 0.4) is 0 Å². The molecule has 1 aliphatic carbocycles. The van der Waals surface area contributed by atoms with Crippen LogP contribution in [0, 0.1) is 5.41 Å². The zero-order chi connectivity index (χ0) is 13.2. The number of nitrogens with zero attached hydrogens (tertiary/aromatic N) is 1. The van der Waals surface area contributed by atoms with Crippen molar-refractivity contribution in [3.8, 4) is 0 Å². The third-order valence-corrected chi connectivity index (χ3v) is 4.07. The van der Waals surface area contributed by atoms with Gasteiger partial charge in [0.15, 0.2) is 0 Å². The van der Waals surface area contributed by atoms with Gasteiger partial charge in [-0.2, -0.15) is 0 Å². The number of hydrogen-bond acceptors (Lipinski definition) is 3. The van der Waals surface area contributed by atoms with E-state index in [1.807, 2.05) is 6.92 Å². The monoisotopic (exact) mass is 268 g/mol. The van der Waals surface area contributed by atoms with Crippen molar-refractivity contribution >= 4 is 17.5 Å². The molecule has 5 heteroatoms. The highest BCUT2D eigenvalue weighted by Crippen LogP contribution is 2.37. The van der Waals surface area contributed by atoms with Gasteiger partial charge in [0.1, 0.15) is 0 Å². The maximum Gasteiger partial charge on any atom is 0.253 e. The lowest BCUT2D eigenvalue weighted by Gasteiger charge is -2.30. The van der Waals surface area contributed by atoms with Gasteiger partial charge < -0.3 is 10.4 Å². The van der Waals surface area contributed by atoms with E-state index in [4.69, 9.17) is 11.6 Å². The van der Waals surface area contributed by atoms with Crippen LogP contribution < -0.4 is 5.32 Å². The third-order valence-electron chi connectivity index (χ3n) is 3.77.